The van der Waals surface area contributed by atoms with E-state index in [9.17, 15) is 0 Å². The van der Waals surface area contributed by atoms with E-state index in [0.717, 1.165) is 0 Å². The lowest BCUT2D eigenvalue weighted by molar-refractivity contribution is 1.34. The summed E-state index contributed by atoms with van der Waals surface area (Å²) in [6.07, 6.45) is 0. The van der Waals surface area contributed by atoms with Gasteiger partial charge in [0, 0.05) is 0 Å². The minimum absolute atomic E-state index is 1.32. The Hall–Kier alpha value is -7.02. The Bertz CT molecular complexity index is 2020. The summed E-state index contributed by atoms with van der Waals surface area (Å²) in [5.41, 5.74) is 16.2. The molecule has 0 aromatic heterocycles. The van der Waals surface area contributed by atoms with Crippen LogP contribution in [0.5, 0.6) is 0 Å². The number of hydrogen-bond donors (Lipinski definition) is 0. The molecule has 0 aliphatic rings. The Labute approximate surface area is 512 Å². The highest BCUT2D eigenvalue weighted by atomic mass is 13.9. The van der Waals surface area contributed by atoms with Crippen LogP contribution in [0, 0.1) is 83.1 Å². The number of rotatable bonds is 0. The van der Waals surface area contributed by atoms with Gasteiger partial charge in [-0.2, -0.15) is 0 Å². The zero-order chi connectivity index (χ0) is 64.6. The molecule has 82 heavy (non-hydrogen) atoms. The van der Waals surface area contributed by atoms with Gasteiger partial charge in [0.25, 0.3) is 0 Å². The van der Waals surface area contributed by atoms with Crippen LogP contribution in [0.15, 0.2) is 255 Å². The van der Waals surface area contributed by atoms with Crippen LogP contribution in [0.3, 0.4) is 0 Å². The van der Waals surface area contributed by atoms with Gasteiger partial charge in [-0.3, -0.25) is 0 Å². The van der Waals surface area contributed by atoms with Gasteiger partial charge in [-0.25, -0.2) is 0 Å². The summed E-state index contributed by atoms with van der Waals surface area (Å²) in [5, 5.41) is 0. The van der Waals surface area contributed by atoms with Crippen molar-refractivity contribution >= 4 is 0 Å². The zero-order valence-corrected chi connectivity index (χ0v) is 58.2. The van der Waals surface area contributed by atoms with Gasteiger partial charge in [0.05, 0.1) is 0 Å². The van der Waals surface area contributed by atoms with Crippen molar-refractivity contribution in [1.29, 1.82) is 0 Å². The molecule has 0 N–H and O–H groups in total. The lowest BCUT2D eigenvalue weighted by Crippen LogP contribution is -1.74. The summed E-state index contributed by atoms with van der Waals surface area (Å²) < 4.78 is 0. The quantitative estimate of drug-likeness (QED) is 0.142. The smallest absolute Gasteiger partial charge is 0.0395 e. The fourth-order valence-electron chi connectivity index (χ4n) is 5.17. The van der Waals surface area contributed by atoms with E-state index in [1.54, 1.807) is 0 Å². The number of hydrogen-bond acceptors (Lipinski definition) is 0. The molecular formula is C82H126. The minimum Gasteiger partial charge on any atom is -0.0683 e. The summed E-state index contributed by atoms with van der Waals surface area (Å²) in [6, 6.07) is 86.5. The van der Waals surface area contributed by atoms with E-state index in [-0.39, 0.29) is 0 Å². The van der Waals surface area contributed by atoms with Crippen LogP contribution in [0.2, 0.25) is 0 Å². The molecule has 0 bridgehead atoms. The molecule has 0 nitrogen and oxygen atoms in total. The van der Waals surface area contributed by atoms with Gasteiger partial charge in [-0.15, -0.1) is 0 Å². The average molecular weight is 1110 g/mol. The fourth-order valence-corrected chi connectivity index (χ4v) is 5.17. The van der Waals surface area contributed by atoms with E-state index in [0.29, 0.717) is 0 Å². The highest BCUT2D eigenvalue weighted by Gasteiger charge is 1.86. The summed E-state index contributed by atoms with van der Waals surface area (Å²) in [6.45, 7) is 57.3. The third-order valence-electron chi connectivity index (χ3n) is 10.1. The first-order valence-corrected chi connectivity index (χ1v) is 31.0. The van der Waals surface area contributed by atoms with Gasteiger partial charge < -0.3 is 0 Å². The number of aryl methyl sites for hydroxylation is 12. The van der Waals surface area contributed by atoms with Crippen LogP contribution in [0.25, 0.3) is 0 Å². The van der Waals surface area contributed by atoms with Gasteiger partial charge in [0.2, 0.25) is 0 Å². The van der Waals surface area contributed by atoms with Gasteiger partial charge in [-0.1, -0.05) is 388 Å². The maximum absolute atomic E-state index is 2.12. The lowest BCUT2D eigenvalue weighted by atomic mass is 10.1. The molecule has 0 saturated carbocycles. The molecule has 0 radical (unpaired) electrons. The van der Waals surface area contributed by atoms with Gasteiger partial charge in [0.1, 0.15) is 0 Å². The van der Waals surface area contributed by atoms with Crippen LogP contribution in [0.1, 0.15) is 178 Å². The van der Waals surface area contributed by atoms with E-state index in [1.807, 2.05) is 220 Å². The zero-order valence-electron chi connectivity index (χ0n) is 58.2. The molecule has 9 aromatic rings. The Morgan fingerprint density at radius 1 is 0.110 bits per heavy atom. The molecule has 9 rings (SSSR count). The second kappa shape index (κ2) is 78.2. The average Bonchev–Trinajstić information content (AvgIpc) is 3.54. The third-order valence-corrected chi connectivity index (χ3v) is 10.1. The summed E-state index contributed by atoms with van der Waals surface area (Å²) in [5.74, 6) is 0. The van der Waals surface area contributed by atoms with E-state index < -0.39 is 0 Å². The molecule has 0 saturated heterocycles. The van der Waals surface area contributed by atoms with Crippen molar-refractivity contribution in [3.05, 3.63) is 322 Å². The van der Waals surface area contributed by atoms with Gasteiger partial charge in [-0.05, 0) is 128 Å². The molecule has 0 heteroatoms. The predicted octanol–water partition coefficient (Wildman–Crippen LogP) is 27.1. The van der Waals surface area contributed by atoms with Crippen LogP contribution in [-0.2, 0) is 0 Å². The minimum atomic E-state index is 1.32. The summed E-state index contributed by atoms with van der Waals surface area (Å²) in [7, 11) is 0. The molecule has 0 unspecified atom stereocenters. The van der Waals surface area contributed by atoms with Crippen LogP contribution in [-0.4, -0.2) is 0 Å². The summed E-state index contributed by atoms with van der Waals surface area (Å²) in [4.78, 5) is 0. The predicted molar refractivity (Wildman–Crippen MR) is 386 cm³/mol. The summed E-state index contributed by atoms with van der Waals surface area (Å²) >= 11 is 0. The molecule has 0 spiro atoms. The Kier molecular flexibility index (Phi) is 87.2. The van der Waals surface area contributed by atoms with Gasteiger partial charge in [0.15, 0.2) is 0 Å². The van der Waals surface area contributed by atoms with Crippen molar-refractivity contribution in [2.45, 2.75) is 194 Å². The first-order chi connectivity index (χ1) is 39.8. The highest BCUT2D eigenvalue weighted by molar-refractivity contribution is 5.26. The molecule has 0 heterocycles. The second-order valence-electron chi connectivity index (χ2n) is 16.1. The van der Waals surface area contributed by atoms with Crippen molar-refractivity contribution in [2.75, 3.05) is 0 Å². The molecule has 454 valence electrons. The number of benzene rings is 9. The van der Waals surface area contributed by atoms with Crippen molar-refractivity contribution in [3.63, 3.8) is 0 Å². The molecule has 0 aliphatic carbocycles. The van der Waals surface area contributed by atoms with Crippen molar-refractivity contribution in [3.8, 4) is 0 Å². The molecule has 9 aromatic carbocycles. The molecule has 0 fully saturated rings. The van der Waals surface area contributed by atoms with Crippen LogP contribution in [0.4, 0.5) is 0 Å². The SMILES string of the molecule is CC.CC.CC.CC.CC.CC.CC.CC.Cc1ccccc1.Cc1ccccc1.Cc1ccccc1.Cc1ccccc1.Cc1ccccc1C.Cc1ccccc1C.Cc1ccccc1C.Cc1ccccc1C.c1ccccc1. The molecule has 0 aliphatic heterocycles. The topological polar surface area (TPSA) is 0 Å². The first-order valence-electron chi connectivity index (χ1n) is 31.0. The highest BCUT2D eigenvalue weighted by Crippen LogP contribution is 2.05. The Balaban J connectivity index is -0.000000121. The third kappa shape index (κ3) is 67.3. The lowest BCUT2D eigenvalue weighted by Gasteiger charge is -1.93. The van der Waals surface area contributed by atoms with Crippen molar-refractivity contribution in [2.24, 2.45) is 0 Å². The molecule has 0 atom stereocenters. The van der Waals surface area contributed by atoms with E-state index in [1.165, 1.54) is 66.8 Å². The monoisotopic (exact) mass is 1110 g/mol. The molecule has 0 amide bonds. The van der Waals surface area contributed by atoms with Crippen LogP contribution >= 0.6 is 0 Å². The Morgan fingerprint density at radius 3 is 0.244 bits per heavy atom. The van der Waals surface area contributed by atoms with Crippen molar-refractivity contribution in [1.82, 2.24) is 0 Å². The first kappa shape index (κ1) is 91.5. The normalized spacial score (nSPS) is 7.76. The fraction of sp³-hybridized carbons (Fsp3) is 0.341. The van der Waals surface area contributed by atoms with Gasteiger partial charge >= 0.3 is 0 Å². The standard InChI is InChI=1S/4C8H10.4C7H8.C6H6.8C2H6/c4*1-7-5-3-4-6-8(7)2;4*1-7-5-3-2-4-6-7;1-2-4-6-5-3-1;8*1-2/h4*3-6H,1-2H3;4*2-6H,1H3;1-6H;8*1-2H3. The van der Waals surface area contributed by atoms with E-state index >= 15 is 0 Å². The molecular weight excluding hydrogens is 985 g/mol. The van der Waals surface area contributed by atoms with Crippen LogP contribution < -0.4 is 0 Å². The second-order valence-corrected chi connectivity index (χ2v) is 16.1. The van der Waals surface area contributed by atoms with Crippen molar-refractivity contribution < 1.29 is 0 Å². The maximum atomic E-state index is 2.12. The maximum Gasteiger partial charge on any atom is -0.0395 e. The van der Waals surface area contributed by atoms with E-state index in [4.69, 9.17) is 0 Å². The largest absolute Gasteiger partial charge is 0.0683 e. The van der Waals surface area contributed by atoms with E-state index in [2.05, 4.69) is 229 Å². The Morgan fingerprint density at radius 2 is 0.183 bits per heavy atom.